The molecule has 1 amide bonds. The monoisotopic (exact) mass is 538 g/mol. The second-order valence-electron chi connectivity index (χ2n) is 9.35. The number of nitrogens with zero attached hydrogens (tertiary/aromatic N) is 3. The van der Waals surface area contributed by atoms with Crippen LogP contribution in [0.3, 0.4) is 0 Å². The number of carboxylic acids is 1. The Labute approximate surface area is 224 Å². The zero-order valence-corrected chi connectivity index (χ0v) is 22.2. The molecule has 11 nitrogen and oxygen atoms in total. The van der Waals surface area contributed by atoms with Crippen molar-refractivity contribution >= 4 is 41.8 Å². The summed E-state index contributed by atoms with van der Waals surface area (Å²) in [6.45, 7) is 6.69. The molecule has 0 aromatic heterocycles. The van der Waals surface area contributed by atoms with E-state index in [2.05, 4.69) is 15.1 Å². The minimum Gasteiger partial charge on any atom is -0.480 e. The lowest BCUT2D eigenvalue weighted by Gasteiger charge is -2.47. The number of anilines is 1. The van der Waals surface area contributed by atoms with Gasteiger partial charge in [0.25, 0.3) is 0 Å². The number of hydrogen-bond donors (Lipinski definition) is 4. The zero-order valence-electron chi connectivity index (χ0n) is 21.4. The normalized spacial score (nSPS) is 20.5. The molecule has 0 radical (unpaired) electrons. The number of rotatable bonds is 11. The lowest BCUT2D eigenvalue weighted by molar-refractivity contribution is -0.143. The number of carboxylic acid groups (broad SMARTS) is 1. The van der Waals surface area contributed by atoms with E-state index < -0.39 is 11.9 Å². The first-order chi connectivity index (χ1) is 17.3. The Kier molecular flexibility index (Phi) is 12.1. The number of nitrogens with two attached hydrogens (primary N) is 1. The van der Waals surface area contributed by atoms with Gasteiger partial charge in [0.1, 0.15) is 12.4 Å². The molecule has 2 unspecified atom stereocenters. The van der Waals surface area contributed by atoms with Crippen LogP contribution < -0.4 is 16.0 Å². The highest BCUT2D eigenvalue weighted by atomic mass is 35.5. The van der Waals surface area contributed by atoms with Crippen molar-refractivity contribution in [3.63, 3.8) is 0 Å². The number of amides is 1. The molecule has 12 heteroatoms. The lowest BCUT2D eigenvalue weighted by atomic mass is 9.86. The molecule has 2 saturated heterocycles. The topological polar surface area (TPSA) is 152 Å². The number of benzene rings is 1. The average Bonchev–Trinajstić information content (AvgIpc) is 2.86. The number of halogens is 1. The van der Waals surface area contributed by atoms with E-state index >= 15 is 0 Å². The predicted molar refractivity (Wildman–Crippen MR) is 143 cm³/mol. The van der Waals surface area contributed by atoms with Crippen LogP contribution in [0.25, 0.3) is 0 Å². The van der Waals surface area contributed by atoms with E-state index in [4.69, 9.17) is 15.9 Å². The first-order valence-corrected chi connectivity index (χ1v) is 12.6. The van der Waals surface area contributed by atoms with Crippen molar-refractivity contribution in [1.82, 2.24) is 15.1 Å². The highest BCUT2D eigenvalue weighted by Gasteiger charge is 2.35. The number of carbonyl (C=O) groups is 3. The Morgan fingerprint density at radius 2 is 1.81 bits per heavy atom. The molecule has 2 fully saturated rings. The number of carbonyl (C=O) groups excluding carboxylic acids is 2. The van der Waals surface area contributed by atoms with Crippen LogP contribution in [0, 0.1) is 11.3 Å². The summed E-state index contributed by atoms with van der Waals surface area (Å²) in [5, 5.41) is 19.4. The maximum absolute atomic E-state index is 12.3. The van der Waals surface area contributed by atoms with Crippen molar-refractivity contribution in [2.45, 2.75) is 32.2 Å². The Balaban J connectivity index is 0.00000481. The standard InChI is InChI=1S/C25H38N6O5.ClH/c1-2-36-24(35)15-28-22(32)8-5-19-16-29(17-23(33)34)10-9-21(19)31-13-11-30(12-14-31)20-6-3-18(4-7-20)25(26)27;/h3-4,6-7,19,21H,2,5,8-17H2,1H3,(H3,26,27)(H,28,32)(H,33,34);1H. The molecule has 2 aliphatic rings. The lowest BCUT2D eigenvalue weighted by Crippen LogP contribution is -2.57. The molecule has 1 aromatic carbocycles. The van der Waals surface area contributed by atoms with Crippen LogP contribution in [0.4, 0.5) is 5.69 Å². The largest absolute Gasteiger partial charge is 0.480 e. The zero-order chi connectivity index (χ0) is 26.1. The molecule has 1 aromatic rings. The molecule has 3 rings (SSSR count). The summed E-state index contributed by atoms with van der Waals surface area (Å²) < 4.78 is 4.85. The van der Waals surface area contributed by atoms with Crippen LogP contribution in [0.1, 0.15) is 31.7 Å². The number of amidine groups is 1. The highest BCUT2D eigenvalue weighted by molar-refractivity contribution is 5.95. The first-order valence-electron chi connectivity index (χ1n) is 12.6. The van der Waals surface area contributed by atoms with Gasteiger partial charge in [-0.15, -0.1) is 12.4 Å². The van der Waals surface area contributed by atoms with Gasteiger partial charge in [-0.3, -0.25) is 29.6 Å². The smallest absolute Gasteiger partial charge is 0.325 e. The molecular formula is C25H39ClN6O5. The molecule has 2 atom stereocenters. The van der Waals surface area contributed by atoms with Crippen molar-refractivity contribution in [2.24, 2.45) is 11.7 Å². The Morgan fingerprint density at radius 3 is 2.41 bits per heavy atom. The Hall–Kier alpha value is -2.89. The number of likely N-dealkylation sites (tertiary alicyclic amines) is 1. The van der Waals surface area contributed by atoms with Crippen molar-refractivity contribution < 1.29 is 24.2 Å². The number of ether oxygens (including phenoxy) is 1. The SMILES string of the molecule is CCOC(=O)CNC(=O)CCC1CN(CC(=O)O)CCC1N1CCN(c2ccc(C(=N)N)cc2)CC1.Cl. The fourth-order valence-corrected chi connectivity index (χ4v) is 5.15. The number of aliphatic carboxylic acids is 1. The Morgan fingerprint density at radius 1 is 1.14 bits per heavy atom. The van der Waals surface area contributed by atoms with Gasteiger partial charge in [-0.05, 0) is 49.9 Å². The van der Waals surface area contributed by atoms with Crippen LogP contribution in [0.15, 0.2) is 24.3 Å². The summed E-state index contributed by atoms with van der Waals surface area (Å²) in [6, 6.07) is 7.99. The molecule has 37 heavy (non-hydrogen) atoms. The summed E-state index contributed by atoms with van der Waals surface area (Å²) in [5.41, 5.74) is 7.37. The predicted octanol–water partition coefficient (Wildman–Crippen LogP) is 0.749. The van der Waals surface area contributed by atoms with Gasteiger partial charge in [0.2, 0.25) is 5.91 Å². The average molecular weight is 539 g/mol. The number of piperazine rings is 1. The summed E-state index contributed by atoms with van der Waals surface area (Å²) in [7, 11) is 0. The minimum absolute atomic E-state index is 0. The van der Waals surface area contributed by atoms with Crippen LogP contribution in [0.5, 0.6) is 0 Å². The number of piperidine rings is 1. The van der Waals surface area contributed by atoms with Crippen LogP contribution in [-0.2, 0) is 19.1 Å². The summed E-state index contributed by atoms with van der Waals surface area (Å²) in [4.78, 5) is 41.9. The maximum Gasteiger partial charge on any atom is 0.325 e. The van der Waals surface area contributed by atoms with E-state index in [1.54, 1.807) is 6.92 Å². The number of nitrogen functional groups attached to an aromatic ring is 1. The van der Waals surface area contributed by atoms with E-state index in [0.717, 1.165) is 44.8 Å². The quantitative estimate of drug-likeness (QED) is 0.181. The second-order valence-corrected chi connectivity index (χ2v) is 9.35. The van der Waals surface area contributed by atoms with Gasteiger partial charge in [-0.2, -0.15) is 0 Å². The van der Waals surface area contributed by atoms with Gasteiger partial charge in [-0.1, -0.05) is 0 Å². The molecule has 2 heterocycles. The van der Waals surface area contributed by atoms with Crippen molar-refractivity contribution in [2.75, 3.05) is 63.9 Å². The minimum atomic E-state index is -0.844. The molecule has 0 saturated carbocycles. The fraction of sp³-hybridized carbons (Fsp3) is 0.600. The first kappa shape index (κ1) is 30.3. The van der Waals surface area contributed by atoms with Gasteiger partial charge in [-0.25, -0.2) is 0 Å². The highest BCUT2D eigenvalue weighted by Crippen LogP contribution is 2.28. The fourth-order valence-electron chi connectivity index (χ4n) is 5.15. The van der Waals surface area contributed by atoms with E-state index in [0.29, 0.717) is 18.5 Å². The van der Waals surface area contributed by atoms with Crippen LogP contribution in [-0.4, -0.2) is 104 Å². The molecule has 0 aliphatic carbocycles. The molecular weight excluding hydrogens is 500 g/mol. The molecule has 2 aliphatic heterocycles. The van der Waals surface area contributed by atoms with E-state index in [-0.39, 0.29) is 62.2 Å². The Bertz CT molecular complexity index is 923. The number of nitrogens with one attached hydrogen (secondary N) is 2. The number of esters is 1. The van der Waals surface area contributed by atoms with Gasteiger partial charge in [0.05, 0.1) is 13.2 Å². The van der Waals surface area contributed by atoms with Gasteiger partial charge < -0.3 is 25.8 Å². The molecule has 5 N–H and O–H groups in total. The van der Waals surface area contributed by atoms with Crippen molar-refractivity contribution in [1.29, 1.82) is 5.41 Å². The van der Waals surface area contributed by atoms with Crippen LogP contribution in [0.2, 0.25) is 0 Å². The van der Waals surface area contributed by atoms with Crippen molar-refractivity contribution in [3.05, 3.63) is 29.8 Å². The molecule has 206 valence electrons. The summed E-state index contributed by atoms with van der Waals surface area (Å²) in [6.07, 6.45) is 1.77. The summed E-state index contributed by atoms with van der Waals surface area (Å²) in [5.74, 6) is -1.28. The third-order valence-electron chi connectivity index (χ3n) is 6.94. The third kappa shape index (κ3) is 9.17. The van der Waals surface area contributed by atoms with Gasteiger partial charge in [0, 0.05) is 63.0 Å². The van der Waals surface area contributed by atoms with E-state index in [9.17, 15) is 19.5 Å². The van der Waals surface area contributed by atoms with Gasteiger partial charge >= 0.3 is 11.9 Å². The molecule has 0 bridgehead atoms. The molecule has 0 spiro atoms. The second kappa shape index (κ2) is 14.7. The van der Waals surface area contributed by atoms with Crippen molar-refractivity contribution in [3.8, 4) is 0 Å². The maximum atomic E-state index is 12.3. The van der Waals surface area contributed by atoms with E-state index in [1.807, 2.05) is 29.2 Å². The van der Waals surface area contributed by atoms with Crippen LogP contribution >= 0.6 is 12.4 Å². The van der Waals surface area contributed by atoms with Gasteiger partial charge in [0.15, 0.2) is 0 Å². The number of hydrogen-bond acceptors (Lipinski definition) is 8. The third-order valence-corrected chi connectivity index (χ3v) is 6.94. The van der Waals surface area contributed by atoms with E-state index in [1.165, 1.54) is 0 Å². The summed E-state index contributed by atoms with van der Waals surface area (Å²) >= 11 is 0.